The smallest absolute Gasteiger partial charge is 0.0333 e. The lowest BCUT2D eigenvalue weighted by Crippen LogP contribution is -2.32. The van der Waals surface area contributed by atoms with Crippen molar-refractivity contribution in [2.45, 2.75) is 183 Å². The topological polar surface area (TPSA) is 0 Å². The molecular weight excluding hydrogens is 797 g/mol. The van der Waals surface area contributed by atoms with Crippen LogP contribution in [0.2, 0.25) is 0 Å². The van der Waals surface area contributed by atoms with E-state index in [0.29, 0.717) is 72.9 Å². The fourth-order valence-electron chi connectivity index (χ4n) is 6.47. The Morgan fingerprint density at radius 1 is 0.509 bits per heavy atom. The lowest BCUT2D eigenvalue weighted by molar-refractivity contribution is 0.723. The van der Waals surface area contributed by atoms with Crippen LogP contribution >= 0.6 is 94.1 Å². The standard InChI is InChI=1S/C45H82S8/c1-21-35(51-40(29(11)12)38(27(7)8)46-23-3)44-33(19)49-42(31(15)16)43(32(17)18)50-34(20)45(53-37(25-48-44)26(5)6)36(22-2)52-41(30(13)14)39(28(9)10)47-24-4/h25-36,44-45H,21-24H2,1-20H3/b37-25-,40-38-,41-39-,43-42-/t33-,34-,35+,36-,44+,45+/m0/s1. The van der Waals surface area contributed by atoms with Crippen LogP contribution in [0.25, 0.3) is 0 Å². The van der Waals surface area contributed by atoms with Crippen molar-refractivity contribution in [1.29, 1.82) is 0 Å². The van der Waals surface area contributed by atoms with Crippen LogP contribution in [-0.4, -0.2) is 43.0 Å². The van der Waals surface area contributed by atoms with E-state index in [1.807, 2.05) is 0 Å². The summed E-state index contributed by atoms with van der Waals surface area (Å²) in [6, 6.07) is 0. The summed E-state index contributed by atoms with van der Waals surface area (Å²) in [6.07, 6.45) is 2.37. The summed E-state index contributed by atoms with van der Waals surface area (Å²) in [7, 11) is 0. The van der Waals surface area contributed by atoms with Gasteiger partial charge >= 0.3 is 0 Å². The molecule has 0 aliphatic carbocycles. The molecule has 0 fully saturated rings. The highest BCUT2D eigenvalue weighted by Crippen LogP contribution is 2.52. The van der Waals surface area contributed by atoms with Crippen LogP contribution in [-0.2, 0) is 0 Å². The molecule has 310 valence electrons. The number of allylic oxidation sites excluding steroid dienone is 7. The Morgan fingerprint density at radius 3 is 1.17 bits per heavy atom. The number of hydrogen-bond acceptors (Lipinski definition) is 8. The monoisotopic (exact) mass is 878 g/mol. The molecule has 0 unspecified atom stereocenters. The van der Waals surface area contributed by atoms with E-state index in [2.05, 4.69) is 238 Å². The fourth-order valence-corrected chi connectivity index (χ4v) is 19.4. The van der Waals surface area contributed by atoms with Crippen LogP contribution in [0.3, 0.4) is 0 Å². The molecule has 0 aromatic carbocycles. The van der Waals surface area contributed by atoms with E-state index in [1.54, 1.807) is 34.3 Å². The first-order valence-electron chi connectivity index (χ1n) is 20.9. The molecule has 0 bridgehead atoms. The van der Waals surface area contributed by atoms with Gasteiger partial charge in [0.05, 0.1) is 0 Å². The van der Waals surface area contributed by atoms with Gasteiger partial charge in [-0.05, 0) is 106 Å². The average Bonchev–Trinajstić information content (AvgIpc) is 3.06. The highest BCUT2D eigenvalue weighted by molar-refractivity contribution is 8.13. The summed E-state index contributed by atoms with van der Waals surface area (Å²) in [6.45, 7) is 48.6. The molecular formula is C45H82S8. The minimum atomic E-state index is 0.500. The van der Waals surface area contributed by atoms with Crippen molar-refractivity contribution in [1.82, 2.24) is 0 Å². The van der Waals surface area contributed by atoms with Crippen LogP contribution in [0.1, 0.15) is 151 Å². The molecule has 1 rings (SSSR count). The first-order chi connectivity index (χ1) is 24.8. The van der Waals surface area contributed by atoms with E-state index >= 15 is 0 Å². The van der Waals surface area contributed by atoms with Gasteiger partial charge in [-0.3, -0.25) is 0 Å². The molecule has 1 heterocycles. The highest BCUT2D eigenvalue weighted by atomic mass is 32.2. The molecule has 0 amide bonds. The van der Waals surface area contributed by atoms with Gasteiger partial charge in [0.25, 0.3) is 0 Å². The first-order valence-corrected chi connectivity index (χ1v) is 28.2. The number of rotatable bonds is 19. The highest BCUT2D eigenvalue weighted by Gasteiger charge is 2.36. The van der Waals surface area contributed by atoms with Crippen molar-refractivity contribution < 1.29 is 0 Å². The summed E-state index contributed by atoms with van der Waals surface area (Å²) >= 11 is 17.5. The second kappa shape index (κ2) is 26.8. The summed E-state index contributed by atoms with van der Waals surface area (Å²) in [5, 5.41) is 5.76. The zero-order valence-corrected chi connectivity index (χ0v) is 44.2. The SMILES string of the molecule is CCS/C(=C(\S[C@@H](CC)[C@@H]1S/C(C(C)C)=C\S[C@@H]([C@@H](CC)S/C(=C(\SCC)C(C)C)C(C)C)[C@H](C)S/C(C(C)C)=C(/C(C)C)S[C@H]1C)C(C)C)C(C)C. The summed E-state index contributed by atoms with van der Waals surface area (Å²) in [5.74, 6) is 6.02. The van der Waals surface area contributed by atoms with Gasteiger partial charge in [-0.25, -0.2) is 0 Å². The quantitative estimate of drug-likeness (QED) is 0.124. The van der Waals surface area contributed by atoms with Crippen LogP contribution in [0.4, 0.5) is 0 Å². The van der Waals surface area contributed by atoms with Crippen molar-refractivity contribution in [3.63, 3.8) is 0 Å². The Labute approximate surface area is 366 Å². The third kappa shape index (κ3) is 16.7. The second-order valence-electron chi connectivity index (χ2n) is 16.6. The van der Waals surface area contributed by atoms with Gasteiger partial charge in [0.15, 0.2) is 0 Å². The van der Waals surface area contributed by atoms with Gasteiger partial charge < -0.3 is 0 Å². The minimum Gasteiger partial charge on any atom is -0.130 e. The predicted molar refractivity (Wildman–Crippen MR) is 269 cm³/mol. The normalized spacial score (nSPS) is 25.9. The van der Waals surface area contributed by atoms with Crippen LogP contribution < -0.4 is 0 Å². The van der Waals surface area contributed by atoms with Crippen molar-refractivity contribution in [3.8, 4) is 0 Å². The largest absolute Gasteiger partial charge is 0.130 e. The number of hydrogen-bond donors (Lipinski definition) is 0. The molecule has 6 atom stereocenters. The van der Waals surface area contributed by atoms with Crippen molar-refractivity contribution >= 4 is 94.1 Å². The van der Waals surface area contributed by atoms with Crippen molar-refractivity contribution in [3.05, 3.63) is 39.7 Å². The van der Waals surface area contributed by atoms with Gasteiger partial charge in [0.1, 0.15) is 0 Å². The fraction of sp³-hybridized carbons (Fsp3) is 0.822. The summed E-state index contributed by atoms with van der Waals surface area (Å²) in [4.78, 5) is 11.4. The Hall–Kier alpha value is 1.76. The molecule has 0 N–H and O–H groups in total. The molecule has 0 saturated heterocycles. The minimum absolute atomic E-state index is 0.500. The Morgan fingerprint density at radius 2 is 0.868 bits per heavy atom. The van der Waals surface area contributed by atoms with Crippen molar-refractivity contribution in [2.24, 2.45) is 41.4 Å². The molecule has 0 nitrogen and oxygen atoms in total. The molecule has 1 aliphatic heterocycles. The lowest BCUT2D eigenvalue weighted by Gasteiger charge is -2.37. The van der Waals surface area contributed by atoms with Crippen LogP contribution in [0.5, 0.6) is 0 Å². The van der Waals surface area contributed by atoms with E-state index in [-0.39, 0.29) is 0 Å². The van der Waals surface area contributed by atoms with E-state index in [1.165, 1.54) is 12.8 Å². The summed E-state index contributed by atoms with van der Waals surface area (Å²) in [5.41, 5.74) is 0. The number of thioether (sulfide) groups is 8. The Kier molecular flexibility index (Phi) is 26.7. The maximum atomic E-state index is 2.65. The molecule has 0 saturated carbocycles. The molecule has 1 aliphatic rings. The van der Waals surface area contributed by atoms with Crippen LogP contribution in [0.15, 0.2) is 39.7 Å². The molecule has 0 radical (unpaired) electrons. The Bertz CT molecular complexity index is 1190. The molecule has 53 heavy (non-hydrogen) atoms. The molecule has 8 heteroatoms. The maximum absolute atomic E-state index is 2.65. The van der Waals surface area contributed by atoms with Crippen molar-refractivity contribution in [2.75, 3.05) is 11.5 Å². The molecule has 0 aromatic heterocycles. The van der Waals surface area contributed by atoms with Gasteiger partial charge in [0.2, 0.25) is 0 Å². The Balaban J connectivity index is 4.08. The second-order valence-corrected chi connectivity index (χ2v) is 26.9. The van der Waals surface area contributed by atoms with E-state index in [4.69, 9.17) is 0 Å². The van der Waals surface area contributed by atoms with Crippen LogP contribution in [0, 0.1) is 41.4 Å². The zero-order valence-electron chi connectivity index (χ0n) is 37.7. The third-order valence-electron chi connectivity index (χ3n) is 9.30. The predicted octanol–water partition coefficient (Wildman–Crippen LogP) is 18.0. The first kappa shape index (κ1) is 52.8. The van der Waals surface area contributed by atoms with Gasteiger partial charge in [-0.2, -0.15) is 0 Å². The third-order valence-corrected chi connectivity index (χ3v) is 23.4. The van der Waals surface area contributed by atoms with E-state index < -0.39 is 0 Å². The lowest BCUT2D eigenvalue weighted by atomic mass is 10.1. The summed E-state index contributed by atoms with van der Waals surface area (Å²) < 4.78 is 0. The van der Waals surface area contributed by atoms with E-state index in [0.717, 1.165) is 11.5 Å². The van der Waals surface area contributed by atoms with Gasteiger partial charge in [-0.1, -0.05) is 138 Å². The van der Waals surface area contributed by atoms with E-state index in [9.17, 15) is 0 Å². The molecule has 0 spiro atoms. The van der Waals surface area contributed by atoms with Gasteiger partial charge in [-0.15, -0.1) is 94.1 Å². The average molecular weight is 880 g/mol. The molecule has 0 aromatic rings. The maximum Gasteiger partial charge on any atom is 0.0333 e. The zero-order chi connectivity index (χ0) is 40.7. The van der Waals surface area contributed by atoms with Gasteiger partial charge in [0, 0.05) is 31.5 Å².